The van der Waals surface area contributed by atoms with Crippen molar-refractivity contribution in [3.8, 4) is 0 Å². The average Bonchev–Trinajstić information content (AvgIpc) is 2.99. The van der Waals surface area contributed by atoms with Crippen LogP contribution in [-0.2, 0) is 4.43 Å². The minimum atomic E-state index is -1.90. The van der Waals surface area contributed by atoms with E-state index in [1.54, 1.807) is 0 Å². The van der Waals surface area contributed by atoms with E-state index in [1.165, 1.54) is 25.7 Å². The summed E-state index contributed by atoms with van der Waals surface area (Å²) in [7, 11) is -1.90. The summed E-state index contributed by atoms with van der Waals surface area (Å²) in [6.45, 7) is 21.1. The Morgan fingerprint density at radius 2 is 1.56 bits per heavy atom. The Hall–Kier alpha value is 0.0969. The molecule has 0 amide bonds. The molecule has 10 atom stereocenters. The van der Waals surface area contributed by atoms with Gasteiger partial charge in [-0.1, -0.05) is 34.6 Å². The lowest BCUT2D eigenvalue weighted by molar-refractivity contribution is -0.184. The Labute approximate surface area is 199 Å². The first-order chi connectivity index (χ1) is 14.5. The van der Waals surface area contributed by atoms with Crippen molar-refractivity contribution in [1.29, 1.82) is 0 Å². The number of hydrogen-bond acceptors (Lipinski definition) is 3. The predicted octanol–water partition coefficient (Wildman–Crippen LogP) is 6.78. The van der Waals surface area contributed by atoms with Crippen molar-refractivity contribution in [3.63, 3.8) is 0 Å². The van der Waals surface area contributed by atoms with E-state index in [-0.39, 0.29) is 16.6 Å². The summed E-state index contributed by atoms with van der Waals surface area (Å²) in [6.07, 6.45) is 9.19. The first-order valence-electron chi connectivity index (χ1n) is 13.6. The lowest BCUT2D eigenvalue weighted by atomic mass is 9.43. The molecule has 0 spiro atoms. The summed E-state index contributed by atoms with van der Waals surface area (Å²) in [4.78, 5) is 0. The molecule has 4 rings (SSSR count). The summed E-state index contributed by atoms with van der Waals surface area (Å²) in [6, 6.07) is 0. The van der Waals surface area contributed by atoms with Gasteiger partial charge in [-0.05, 0) is 124 Å². The molecule has 32 heavy (non-hydrogen) atoms. The summed E-state index contributed by atoms with van der Waals surface area (Å²) in [5.74, 6) is 2.95. The van der Waals surface area contributed by atoms with Gasteiger partial charge in [0.15, 0.2) is 8.32 Å². The second kappa shape index (κ2) is 7.80. The van der Waals surface area contributed by atoms with Crippen molar-refractivity contribution in [3.05, 3.63) is 0 Å². The molecule has 4 aliphatic rings. The Bertz CT molecular complexity index is 710. The van der Waals surface area contributed by atoms with Crippen LogP contribution in [0.25, 0.3) is 0 Å². The number of rotatable bonds is 3. The normalized spacial score (nSPS) is 50.3. The molecule has 4 fully saturated rings. The third-order valence-corrected chi connectivity index (χ3v) is 16.4. The fraction of sp³-hybridized carbons (Fsp3) is 1.00. The van der Waals surface area contributed by atoms with Crippen LogP contribution in [0, 0.1) is 40.4 Å². The first-order valence-corrected chi connectivity index (χ1v) is 16.5. The second-order valence-corrected chi connectivity index (χ2v) is 19.6. The van der Waals surface area contributed by atoms with Crippen molar-refractivity contribution in [1.82, 2.24) is 0 Å². The zero-order valence-corrected chi connectivity index (χ0v) is 23.5. The molecule has 0 aromatic rings. The van der Waals surface area contributed by atoms with Gasteiger partial charge in [-0.3, -0.25) is 0 Å². The standard InChI is InChI=1S/C28H52O3Si/c1-18(29)20-10-11-21-24-22(12-13-28(20,21)7)27(6)15-14-26(5,30)17-19(27)16-23(24)31-32(8,9)25(2,3)4/h18-24,29-30H,10-17H2,1-9H3/t18?,19-,20+,21-,22-,23?,24-,26+,27-,28+/m0/s1. The molecule has 4 saturated carbocycles. The molecule has 4 heteroatoms. The highest BCUT2D eigenvalue weighted by Crippen LogP contribution is 2.69. The fourth-order valence-corrected chi connectivity index (χ4v) is 10.2. The quantitative estimate of drug-likeness (QED) is 0.453. The topological polar surface area (TPSA) is 49.7 Å². The van der Waals surface area contributed by atoms with Gasteiger partial charge in [0.25, 0.3) is 0 Å². The van der Waals surface area contributed by atoms with E-state index >= 15 is 0 Å². The van der Waals surface area contributed by atoms with Crippen molar-refractivity contribution in [2.45, 2.75) is 136 Å². The van der Waals surface area contributed by atoms with E-state index in [4.69, 9.17) is 4.43 Å². The summed E-state index contributed by atoms with van der Waals surface area (Å²) in [5, 5.41) is 21.9. The van der Waals surface area contributed by atoms with Gasteiger partial charge in [-0.25, -0.2) is 0 Å². The molecule has 0 radical (unpaired) electrons. The van der Waals surface area contributed by atoms with Gasteiger partial charge < -0.3 is 14.6 Å². The third kappa shape index (κ3) is 3.87. The molecule has 2 N–H and O–H groups in total. The highest BCUT2D eigenvalue weighted by Gasteiger charge is 2.64. The zero-order chi connectivity index (χ0) is 23.9. The number of aliphatic hydroxyl groups excluding tert-OH is 1. The number of hydrogen-bond donors (Lipinski definition) is 2. The molecule has 0 aliphatic heterocycles. The first kappa shape index (κ1) is 25.2. The van der Waals surface area contributed by atoms with Crippen molar-refractivity contribution >= 4 is 8.32 Å². The van der Waals surface area contributed by atoms with E-state index in [2.05, 4.69) is 54.6 Å². The maximum absolute atomic E-state index is 11.0. The van der Waals surface area contributed by atoms with Gasteiger partial charge in [0.1, 0.15) is 0 Å². The van der Waals surface area contributed by atoms with Crippen LogP contribution < -0.4 is 0 Å². The van der Waals surface area contributed by atoms with Crippen LogP contribution in [0.15, 0.2) is 0 Å². The van der Waals surface area contributed by atoms with Gasteiger partial charge >= 0.3 is 0 Å². The zero-order valence-electron chi connectivity index (χ0n) is 22.5. The minimum Gasteiger partial charge on any atom is -0.414 e. The minimum absolute atomic E-state index is 0.205. The Morgan fingerprint density at radius 1 is 0.938 bits per heavy atom. The molecular formula is C28H52O3Si. The largest absolute Gasteiger partial charge is 0.414 e. The van der Waals surface area contributed by atoms with Gasteiger partial charge in [-0.2, -0.15) is 0 Å². The smallest absolute Gasteiger partial charge is 0.192 e. The predicted molar refractivity (Wildman–Crippen MR) is 135 cm³/mol. The number of fused-ring (bicyclic) bond motifs is 5. The van der Waals surface area contributed by atoms with E-state index in [9.17, 15) is 10.2 Å². The summed E-state index contributed by atoms with van der Waals surface area (Å²) in [5.41, 5.74) is 0.0463. The average molecular weight is 465 g/mol. The Morgan fingerprint density at radius 3 is 2.16 bits per heavy atom. The van der Waals surface area contributed by atoms with Crippen LogP contribution in [0.5, 0.6) is 0 Å². The highest BCUT2D eigenvalue weighted by molar-refractivity contribution is 6.74. The molecule has 0 saturated heterocycles. The summed E-state index contributed by atoms with van der Waals surface area (Å²) < 4.78 is 7.32. The molecule has 3 nitrogen and oxygen atoms in total. The van der Waals surface area contributed by atoms with Crippen molar-refractivity contribution < 1.29 is 14.6 Å². The third-order valence-electron chi connectivity index (χ3n) is 11.9. The van der Waals surface area contributed by atoms with Crippen LogP contribution in [0.3, 0.4) is 0 Å². The second-order valence-electron chi connectivity index (χ2n) is 14.8. The maximum Gasteiger partial charge on any atom is 0.192 e. The van der Waals surface area contributed by atoms with Gasteiger partial charge in [0.05, 0.1) is 11.7 Å². The monoisotopic (exact) mass is 464 g/mol. The Kier molecular flexibility index (Phi) is 6.14. The highest BCUT2D eigenvalue weighted by atomic mass is 28.4. The van der Waals surface area contributed by atoms with Gasteiger partial charge in [0, 0.05) is 6.10 Å². The molecule has 0 aromatic heterocycles. The van der Waals surface area contributed by atoms with Crippen LogP contribution in [0.1, 0.15) is 99.8 Å². The van der Waals surface area contributed by atoms with E-state index in [0.29, 0.717) is 41.1 Å². The van der Waals surface area contributed by atoms with Crippen LogP contribution in [0.2, 0.25) is 18.1 Å². The lowest BCUT2D eigenvalue weighted by Crippen LogP contribution is -2.62. The van der Waals surface area contributed by atoms with Crippen molar-refractivity contribution in [2.24, 2.45) is 40.4 Å². The molecule has 186 valence electrons. The van der Waals surface area contributed by atoms with Crippen LogP contribution in [-0.4, -0.2) is 36.3 Å². The molecule has 0 aromatic carbocycles. The van der Waals surface area contributed by atoms with Crippen molar-refractivity contribution in [2.75, 3.05) is 0 Å². The van der Waals surface area contributed by atoms with Crippen LogP contribution in [0.4, 0.5) is 0 Å². The maximum atomic E-state index is 11.0. The number of aliphatic hydroxyl groups is 2. The Balaban J connectivity index is 1.73. The molecule has 4 aliphatic carbocycles. The van der Waals surface area contributed by atoms with E-state index < -0.39 is 13.9 Å². The molecular weight excluding hydrogens is 412 g/mol. The van der Waals surface area contributed by atoms with E-state index in [0.717, 1.165) is 25.7 Å². The van der Waals surface area contributed by atoms with Gasteiger partial charge in [0.2, 0.25) is 0 Å². The van der Waals surface area contributed by atoms with Gasteiger partial charge in [-0.15, -0.1) is 0 Å². The summed E-state index contributed by atoms with van der Waals surface area (Å²) >= 11 is 0. The lowest BCUT2D eigenvalue weighted by Gasteiger charge is -2.64. The molecule has 0 heterocycles. The van der Waals surface area contributed by atoms with Crippen LogP contribution >= 0.6 is 0 Å². The SMILES string of the molecule is CC(O)[C@H]1CC[C@H]2[C@@H]3C(O[Si](C)(C)C(C)(C)C)C[C@H]4C[C@](C)(O)CC[C@]4(C)[C@H]3CC[C@]12C. The molecule has 0 bridgehead atoms. The fourth-order valence-electron chi connectivity index (χ4n) is 8.88. The van der Waals surface area contributed by atoms with E-state index in [1.807, 2.05) is 6.92 Å². The molecule has 2 unspecified atom stereocenters.